The maximum absolute atomic E-state index is 11.2. The molecule has 0 amide bonds. The maximum Gasteiger partial charge on any atom is 0.181 e. The molecule has 0 N–H and O–H groups in total. The fraction of sp³-hybridized carbons (Fsp3) is 0.333. The molecule has 23 heavy (non-hydrogen) atoms. The standard InChI is InChI=1S/C18H19NO4/c1-11-19-16(18(10-20)23-11)9-15-14-8-13(21-2)6-4-12(14)5-7-17(15)22-3/h4-8,10,16,18H,9H2,1-3H3. The first-order valence-corrected chi connectivity index (χ1v) is 7.46. The van der Waals surface area contributed by atoms with E-state index in [1.165, 1.54) is 0 Å². The lowest BCUT2D eigenvalue weighted by atomic mass is 9.96. The molecule has 1 aliphatic heterocycles. The molecular formula is C18H19NO4. The molecule has 2 aromatic carbocycles. The van der Waals surface area contributed by atoms with Crippen LogP contribution < -0.4 is 9.47 Å². The number of aliphatic imine (C=N–C) groups is 1. The van der Waals surface area contributed by atoms with Gasteiger partial charge in [-0.2, -0.15) is 0 Å². The number of hydrogen-bond donors (Lipinski definition) is 0. The zero-order chi connectivity index (χ0) is 16.4. The van der Waals surface area contributed by atoms with Crippen LogP contribution in [-0.4, -0.2) is 38.5 Å². The number of hydrogen-bond acceptors (Lipinski definition) is 5. The van der Waals surface area contributed by atoms with Crippen LogP contribution in [0.1, 0.15) is 12.5 Å². The third-order valence-corrected chi connectivity index (χ3v) is 4.10. The summed E-state index contributed by atoms with van der Waals surface area (Å²) in [7, 11) is 3.28. The van der Waals surface area contributed by atoms with Crippen LogP contribution >= 0.6 is 0 Å². The van der Waals surface area contributed by atoms with E-state index < -0.39 is 6.10 Å². The summed E-state index contributed by atoms with van der Waals surface area (Å²) >= 11 is 0. The number of carbonyl (C=O) groups excluding carboxylic acids is 1. The molecule has 1 aliphatic rings. The third kappa shape index (κ3) is 2.86. The van der Waals surface area contributed by atoms with Gasteiger partial charge in [0.2, 0.25) is 0 Å². The second kappa shape index (κ2) is 6.28. The van der Waals surface area contributed by atoms with E-state index >= 15 is 0 Å². The number of benzene rings is 2. The Labute approximate surface area is 134 Å². The summed E-state index contributed by atoms with van der Waals surface area (Å²) in [6, 6.07) is 9.62. The second-order valence-corrected chi connectivity index (χ2v) is 5.47. The van der Waals surface area contributed by atoms with Gasteiger partial charge in [-0.25, -0.2) is 4.99 Å². The lowest BCUT2D eigenvalue weighted by molar-refractivity contribution is -0.114. The van der Waals surface area contributed by atoms with Gasteiger partial charge in [-0.15, -0.1) is 0 Å². The quantitative estimate of drug-likeness (QED) is 0.797. The van der Waals surface area contributed by atoms with E-state index in [0.29, 0.717) is 12.3 Å². The molecule has 2 atom stereocenters. The third-order valence-electron chi connectivity index (χ3n) is 4.10. The molecule has 0 saturated heterocycles. The summed E-state index contributed by atoms with van der Waals surface area (Å²) in [6.45, 7) is 1.76. The highest BCUT2D eigenvalue weighted by Gasteiger charge is 2.30. The van der Waals surface area contributed by atoms with Crippen LogP contribution in [-0.2, 0) is 16.0 Å². The molecule has 0 saturated carbocycles. The first kappa shape index (κ1) is 15.3. The Hall–Kier alpha value is -2.56. The Balaban J connectivity index is 2.08. The first-order chi connectivity index (χ1) is 11.2. The topological polar surface area (TPSA) is 57.1 Å². The van der Waals surface area contributed by atoms with Crippen molar-refractivity contribution in [3.05, 3.63) is 35.9 Å². The fourth-order valence-electron chi connectivity index (χ4n) is 2.97. The van der Waals surface area contributed by atoms with E-state index in [1.807, 2.05) is 30.3 Å². The van der Waals surface area contributed by atoms with Gasteiger partial charge in [0.25, 0.3) is 0 Å². The highest BCUT2D eigenvalue weighted by Crippen LogP contribution is 2.33. The van der Waals surface area contributed by atoms with E-state index in [0.717, 1.165) is 34.1 Å². The molecule has 0 radical (unpaired) electrons. The summed E-state index contributed by atoms with van der Waals surface area (Å²) in [5.41, 5.74) is 1.00. The summed E-state index contributed by atoms with van der Waals surface area (Å²) in [5, 5.41) is 2.12. The molecule has 120 valence electrons. The van der Waals surface area contributed by atoms with Gasteiger partial charge in [0.1, 0.15) is 17.5 Å². The Morgan fingerprint density at radius 3 is 2.70 bits per heavy atom. The van der Waals surface area contributed by atoms with E-state index in [4.69, 9.17) is 14.2 Å². The van der Waals surface area contributed by atoms with Crippen LogP contribution in [0.25, 0.3) is 10.8 Å². The summed E-state index contributed by atoms with van der Waals surface area (Å²) in [4.78, 5) is 15.7. The lowest BCUT2D eigenvalue weighted by Gasteiger charge is -2.17. The number of aldehydes is 1. The van der Waals surface area contributed by atoms with Crippen molar-refractivity contribution < 1.29 is 19.0 Å². The lowest BCUT2D eigenvalue weighted by Crippen LogP contribution is -2.26. The summed E-state index contributed by atoms with van der Waals surface area (Å²) < 4.78 is 16.3. The molecule has 1 heterocycles. The van der Waals surface area contributed by atoms with Crippen LogP contribution in [0.4, 0.5) is 0 Å². The predicted molar refractivity (Wildman–Crippen MR) is 88.6 cm³/mol. The van der Waals surface area contributed by atoms with Gasteiger partial charge < -0.3 is 14.2 Å². The average molecular weight is 313 g/mol. The minimum atomic E-state index is -0.541. The summed E-state index contributed by atoms with van der Waals surface area (Å²) in [5.74, 6) is 2.10. The monoisotopic (exact) mass is 313 g/mol. The van der Waals surface area contributed by atoms with Gasteiger partial charge in [-0.3, -0.25) is 4.79 Å². The molecule has 5 nitrogen and oxygen atoms in total. The fourth-order valence-corrected chi connectivity index (χ4v) is 2.97. The SMILES string of the molecule is COc1ccc2ccc(OC)c(CC3N=C(C)OC3C=O)c2c1. The van der Waals surface area contributed by atoms with Gasteiger partial charge >= 0.3 is 0 Å². The van der Waals surface area contributed by atoms with E-state index in [2.05, 4.69) is 4.99 Å². The number of rotatable bonds is 5. The van der Waals surface area contributed by atoms with Crippen molar-refractivity contribution in [3.8, 4) is 11.5 Å². The molecular weight excluding hydrogens is 294 g/mol. The average Bonchev–Trinajstić information content (AvgIpc) is 2.94. The Kier molecular flexibility index (Phi) is 4.19. The first-order valence-electron chi connectivity index (χ1n) is 7.46. The number of carbonyl (C=O) groups is 1. The smallest absolute Gasteiger partial charge is 0.181 e. The number of fused-ring (bicyclic) bond motifs is 1. The predicted octanol–water partition coefficient (Wildman–Crippen LogP) is 2.78. The highest BCUT2D eigenvalue weighted by molar-refractivity contribution is 5.89. The van der Waals surface area contributed by atoms with Gasteiger partial charge in [0.15, 0.2) is 18.3 Å². The van der Waals surface area contributed by atoms with Crippen molar-refractivity contribution in [2.24, 2.45) is 4.99 Å². The second-order valence-electron chi connectivity index (χ2n) is 5.47. The van der Waals surface area contributed by atoms with Crippen molar-refractivity contribution in [1.29, 1.82) is 0 Å². The summed E-state index contributed by atoms with van der Waals surface area (Å²) in [6.07, 6.45) is 0.831. The van der Waals surface area contributed by atoms with Crippen molar-refractivity contribution in [1.82, 2.24) is 0 Å². The van der Waals surface area contributed by atoms with Crippen LogP contribution in [0.15, 0.2) is 35.3 Å². The van der Waals surface area contributed by atoms with Crippen molar-refractivity contribution in [2.75, 3.05) is 14.2 Å². The number of nitrogens with zero attached hydrogens (tertiary/aromatic N) is 1. The zero-order valence-corrected chi connectivity index (χ0v) is 13.4. The Bertz CT molecular complexity index is 764. The highest BCUT2D eigenvalue weighted by atomic mass is 16.5. The molecule has 5 heteroatoms. The number of ether oxygens (including phenoxy) is 3. The molecule has 0 fully saturated rings. The molecule has 0 aromatic heterocycles. The minimum Gasteiger partial charge on any atom is -0.497 e. The maximum atomic E-state index is 11.2. The van der Waals surface area contributed by atoms with Crippen LogP contribution in [0.3, 0.4) is 0 Å². The number of methoxy groups -OCH3 is 2. The van der Waals surface area contributed by atoms with Crippen LogP contribution in [0.2, 0.25) is 0 Å². The molecule has 0 bridgehead atoms. The molecule has 0 spiro atoms. The Morgan fingerprint density at radius 1 is 1.22 bits per heavy atom. The normalized spacial score (nSPS) is 20.0. The van der Waals surface area contributed by atoms with E-state index in [-0.39, 0.29) is 6.04 Å². The van der Waals surface area contributed by atoms with Gasteiger partial charge in [-0.05, 0) is 29.0 Å². The van der Waals surface area contributed by atoms with Gasteiger partial charge in [-0.1, -0.05) is 12.1 Å². The molecule has 0 aliphatic carbocycles. The van der Waals surface area contributed by atoms with Crippen molar-refractivity contribution >= 4 is 23.0 Å². The Morgan fingerprint density at radius 2 is 2.00 bits per heavy atom. The van der Waals surface area contributed by atoms with E-state index in [9.17, 15) is 4.79 Å². The molecule has 3 rings (SSSR count). The zero-order valence-electron chi connectivity index (χ0n) is 13.4. The van der Waals surface area contributed by atoms with Crippen LogP contribution in [0.5, 0.6) is 11.5 Å². The minimum absolute atomic E-state index is 0.238. The molecule has 2 aromatic rings. The largest absolute Gasteiger partial charge is 0.497 e. The van der Waals surface area contributed by atoms with Gasteiger partial charge in [0.05, 0.1) is 14.2 Å². The van der Waals surface area contributed by atoms with Crippen molar-refractivity contribution in [3.63, 3.8) is 0 Å². The van der Waals surface area contributed by atoms with Gasteiger partial charge in [0, 0.05) is 18.9 Å². The van der Waals surface area contributed by atoms with Crippen LogP contribution in [0, 0.1) is 0 Å². The van der Waals surface area contributed by atoms with Crippen molar-refractivity contribution in [2.45, 2.75) is 25.5 Å². The van der Waals surface area contributed by atoms with E-state index in [1.54, 1.807) is 21.1 Å². The molecule has 2 unspecified atom stereocenters.